The van der Waals surface area contributed by atoms with Gasteiger partial charge in [0, 0.05) is 49.4 Å². The Morgan fingerprint density at radius 2 is 1.94 bits per heavy atom. The fraction of sp³-hybridized carbons (Fsp3) is 0.280. The summed E-state index contributed by atoms with van der Waals surface area (Å²) in [5, 5.41) is 6.64. The number of hydrogen-bond acceptors (Lipinski definition) is 5. The largest absolute Gasteiger partial charge is 0.496 e. The average Bonchev–Trinajstić information content (AvgIpc) is 2.84. The molecule has 4 rings (SSSR count). The van der Waals surface area contributed by atoms with Gasteiger partial charge in [-0.3, -0.25) is 9.78 Å². The van der Waals surface area contributed by atoms with Crippen LogP contribution < -0.4 is 20.3 Å². The topological polar surface area (TPSA) is 66.5 Å². The predicted octanol–water partition coefficient (Wildman–Crippen LogP) is 4.10. The summed E-state index contributed by atoms with van der Waals surface area (Å²) < 4.78 is 5.30. The summed E-state index contributed by atoms with van der Waals surface area (Å²) in [5.41, 5.74) is 3.65. The summed E-state index contributed by atoms with van der Waals surface area (Å²) in [6.45, 7) is 2.81. The Hall–Kier alpha value is -3.38. The van der Waals surface area contributed by atoms with Crippen molar-refractivity contribution < 1.29 is 9.53 Å². The van der Waals surface area contributed by atoms with Crippen molar-refractivity contribution in [3.05, 3.63) is 84.2 Å². The van der Waals surface area contributed by atoms with E-state index in [1.165, 1.54) is 5.56 Å². The molecule has 6 nitrogen and oxygen atoms in total. The highest BCUT2D eigenvalue weighted by atomic mass is 16.5. The lowest BCUT2D eigenvalue weighted by molar-refractivity contribution is 0.102. The van der Waals surface area contributed by atoms with Gasteiger partial charge in [-0.15, -0.1) is 0 Å². The molecule has 1 fully saturated rings. The zero-order chi connectivity index (χ0) is 21.5. The van der Waals surface area contributed by atoms with Crippen molar-refractivity contribution in [3.63, 3.8) is 0 Å². The van der Waals surface area contributed by atoms with Gasteiger partial charge in [0.1, 0.15) is 5.75 Å². The lowest BCUT2D eigenvalue weighted by Gasteiger charge is -2.34. The van der Waals surface area contributed by atoms with E-state index >= 15 is 0 Å². The second-order valence-electron chi connectivity index (χ2n) is 7.71. The molecule has 3 aromatic rings. The molecule has 0 spiro atoms. The van der Waals surface area contributed by atoms with Crippen LogP contribution in [-0.4, -0.2) is 37.1 Å². The lowest BCUT2D eigenvalue weighted by atomic mass is 10.0. The Balaban J connectivity index is 1.33. The third-order valence-corrected chi connectivity index (χ3v) is 5.63. The zero-order valence-electron chi connectivity index (χ0n) is 17.8. The Bertz CT molecular complexity index is 1000. The van der Waals surface area contributed by atoms with Crippen molar-refractivity contribution in [2.24, 2.45) is 0 Å². The average molecular weight is 417 g/mol. The van der Waals surface area contributed by atoms with E-state index in [1.807, 2.05) is 42.6 Å². The second-order valence-corrected chi connectivity index (χ2v) is 7.71. The third-order valence-electron chi connectivity index (χ3n) is 5.63. The van der Waals surface area contributed by atoms with Gasteiger partial charge in [-0.05, 0) is 54.8 Å². The maximum Gasteiger partial charge on any atom is 0.259 e. The first-order valence-corrected chi connectivity index (χ1v) is 10.6. The SMILES string of the molecule is COc1ccccc1C(=O)Nc1cccc(N2CCC(NCc3cccnc3)CC2)c1. The van der Waals surface area contributed by atoms with Crippen LogP contribution in [0.1, 0.15) is 28.8 Å². The normalized spacial score (nSPS) is 14.3. The molecule has 0 aliphatic carbocycles. The van der Waals surface area contributed by atoms with Crippen LogP contribution in [0.25, 0.3) is 0 Å². The lowest BCUT2D eigenvalue weighted by Crippen LogP contribution is -2.42. The van der Waals surface area contributed by atoms with Gasteiger partial charge in [0.05, 0.1) is 12.7 Å². The van der Waals surface area contributed by atoms with E-state index in [4.69, 9.17) is 4.74 Å². The summed E-state index contributed by atoms with van der Waals surface area (Å²) in [4.78, 5) is 19.2. The molecule has 1 aliphatic rings. The molecule has 6 heteroatoms. The van der Waals surface area contributed by atoms with Crippen molar-refractivity contribution >= 4 is 17.3 Å². The first kappa shape index (κ1) is 20.9. The van der Waals surface area contributed by atoms with Crippen molar-refractivity contribution in [2.75, 3.05) is 30.4 Å². The molecule has 1 amide bonds. The molecule has 0 atom stereocenters. The Kier molecular flexibility index (Phi) is 6.79. The highest BCUT2D eigenvalue weighted by Gasteiger charge is 2.19. The van der Waals surface area contributed by atoms with Crippen LogP contribution in [-0.2, 0) is 6.54 Å². The van der Waals surface area contributed by atoms with E-state index in [0.717, 1.165) is 43.9 Å². The van der Waals surface area contributed by atoms with Gasteiger partial charge in [0.15, 0.2) is 0 Å². The van der Waals surface area contributed by atoms with Crippen LogP contribution in [0.5, 0.6) is 5.75 Å². The minimum atomic E-state index is -0.173. The van der Waals surface area contributed by atoms with Gasteiger partial charge in [-0.1, -0.05) is 24.3 Å². The smallest absolute Gasteiger partial charge is 0.259 e. The molecule has 1 saturated heterocycles. The first-order valence-electron chi connectivity index (χ1n) is 10.6. The number of rotatable bonds is 7. The Morgan fingerprint density at radius 1 is 1.10 bits per heavy atom. The minimum absolute atomic E-state index is 0.173. The van der Waals surface area contributed by atoms with Crippen molar-refractivity contribution in [3.8, 4) is 5.75 Å². The first-order chi connectivity index (χ1) is 15.2. The van der Waals surface area contributed by atoms with E-state index in [-0.39, 0.29) is 5.91 Å². The fourth-order valence-electron chi connectivity index (χ4n) is 3.92. The molecule has 0 radical (unpaired) electrons. The number of anilines is 2. The van der Waals surface area contributed by atoms with Crippen LogP contribution in [0.4, 0.5) is 11.4 Å². The quantitative estimate of drug-likeness (QED) is 0.607. The van der Waals surface area contributed by atoms with Crippen molar-refractivity contribution in [1.82, 2.24) is 10.3 Å². The number of carbonyl (C=O) groups is 1. The van der Waals surface area contributed by atoms with Crippen LogP contribution in [0, 0.1) is 0 Å². The van der Waals surface area contributed by atoms with Crippen LogP contribution >= 0.6 is 0 Å². The van der Waals surface area contributed by atoms with Gasteiger partial charge < -0.3 is 20.3 Å². The number of hydrogen-bond donors (Lipinski definition) is 2. The van der Waals surface area contributed by atoms with E-state index < -0.39 is 0 Å². The number of para-hydroxylation sites is 1. The van der Waals surface area contributed by atoms with E-state index in [9.17, 15) is 4.79 Å². The molecule has 1 aromatic heterocycles. The number of nitrogens with one attached hydrogen (secondary N) is 2. The van der Waals surface area contributed by atoms with Gasteiger partial charge in [-0.25, -0.2) is 0 Å². The molecule has 1 aliphatic heterocycles. The number of methoxy groups -OCH3 is 1. The van der Waals surface area contributed by atoms with Gasteiger partial charge in [0.25, 0.3) is 5.91 Å². The molecule has 2 aromatic carbocycles. The third kappa shape index (κ3) is 5.41. The Labute approximate surface area is 183 Å². The predicted molar refractivity (Wildman–Crippen MR) is 124 cm³/mol. The summed E-state index contributed by atoms with van der Waals surface area (Å²) in [5.74, 6) is 0.393. The number of piperidine rings is 1. The van der Waals surface area contributed by atoms with E-state index in [0.29, 0.717) is 17.4 Å². The van der Waals surface area contributed by atoms with Crippen LogP contribution in [0.15, 0.2) is 73.1 Å². The van der Waals surface area contributed by atoms with Crippen LogP contribution in [0.2, 0.25) is 0 Å². The number of amides is 1. The highest BCUT2D eigenvalue weighted by molar-refractivity contribution is 6.06. The number of pyridine rings is 1. The molecule has 0 saturated carbocycles. The second kappa shape index (κ2) is 10.1. The maximum atomic E-state index is 12.7. The number of benzene rings is 2. The minimum Gasteiger partial charge on any atom is -0.496 e. The molecular weight excluding hydrogens is 388 g/mol. The maximum absolute atomic E-state index is 12.7. The molecule has 31 heavy (non-hydrogen) atoms. The number of aromatic nitrogens is 1. The number of carbonyl (C=O) groups excluding carboxylic acids is 1. The fourth-order valence-corrected chi connectivity index (χ4v) is 3.92. The molecule has 2 N–H and O–H groups in total. The van der Waals surface area contributed by atoms with Gasteiger partial charge in [0.2, 0.25) is 0 Å². The standard InChI is InChI=1S/C25H28N4O2/c1-31-24-10-3-2-9-23(24)25(30)28-21-7-4-8-22(16-21)29-14-11-20(12-15-29)27-18-19-6-5-13-26-17-19/h2-10,13,16-17,20,27H,11-12,14-15,18H2,1H3,(H,28,30). The zero-order valence-corrected chi connectivity index (χ0v) is 17.8. The van der Waals surface area contributed by atoms with Crippen molar-refractivity contribution in [2.45, 2.75) is 25.4 Å². The van der Waals surface area contributed by atoms with Gasteiger partial charge >= 0.3 is 0 Å². The molecule has 0 unspecified atom stereocenters. The van der Waals surface area contributed by atoms with E-state index in [2.05, 4.69) is 32.7 Å². The number of nitrogens with zero attached hydrogens (tertiary/aromatic N) is 2. The summed E-state index contributed by atoms with van der Waals surface area (Å²) in [6.07, 6.45) is 5.87. The van der Waals surface area contributed by atoms with E-state index in [1.54, 1.807) is 25.4 Å². The molecule has 2 heterocycles. The van der Waals surface area contributed by atoms with Gasteiger partial charge in [-0.2, -0.15) is 0 Å². The van der Waals surface area contributed by atoms with Crippen LogP contribution in [0.3, 0.4) is 0 Å². The monoisotopic (exact) mass is 416 g/mol. The molecule has 0 bridgehead atoms. The molecular formula is C25H28N4O2. The Morgan fingerprint density at radius 3 is 2.71 bits per heavy atom. The summed E-state index contributed by atoms with van der Waals surface area (Å²) in [7, 11) is 1.57. The highest BCUT2D eigenvalue weighted by Crippen LogP contribution is 2.25. The van der Waals surface area contributed by atoms with Crippen molar-refractivity contribution in [1.29, 1.82) is 0 Å². The number of ether oxygens (including phenoxy) is 1. The summed E-state index contributed by atoms with van der Waals surface area (Å²) in [6, 6.07) is 19.9. The molecule has 160 valence electrons. The summed E-state index contributed by atoms with van der Waals surface area (Å²) >= 11 is 0.